The Hall–Kier alpha value is -4.11. The maximum atomic E-state index is 12.7. The quantitative estimate of drug-likeness (QED) is 0.389. The molecule has 1 saturated heterocycles. The predicted octanol–water partition coefficient (Wildman–Crippen LogP) is 3.71. The van der Waals surface area contributed by atoms with Crippen LogP contribution in [0, 0.1) is 0 Å². The molecule has 0 bridgehead atoms. The summed E-state index contributed by atoms with van der Waals surface area (Å²) in [6, 6.07) is 13.0. The van der Waals surface area contributed by atoms with E-state index in [1.54, 1.807) is 32.5 Å². The zero-order chi connectivity index (χ0) is 24.4. The van der Waals surface area contributed by atoms with Gasteiger partial charge in [-0.2, -0.15) is 0 Å². The molecule has 4 aromatic rings. The van der Waals surface area contributed by atoms with Crippen LogP contribution in [0.2, 0.25) is 0 Å². The van der Waals surface area contributed by atoms with Crippen LogP contribution in [-0.2, 0) is 0 Å². The molecule has 4 heterocycles. The second-order valence-corrected chi connectivity index (χ2v) is 8.47. The number of fused-ring (bicyclic) bond motifs is 1. The normalized spacial score (nSPS) is 14.2. The number of ether oxygens (including phenoxy) is 2. The highest BCUT2D eigenvalue weighted by Gasteiger charge is 2.18. The molecule has 0 saturated carbocycles. The average Bonchev–Trinajstić information content (AvgIpc) is 2.89. The molecular formula is C26H27N5O4. The summed E-state index contributed by atoms with van der Waals surface area (Å²) in [6.45, 7) is 1.60. The van der Waals surface area contributed by atoms with Crippen molar-refractivity contribution in [2.45, 2.75) is 18.9 Å². The number of aromatic nitrogens is 3. The molecule has 3 aromatic heterocycles. The molecule has 0 unspecified atom stereocenters. The van der Waals surface area contributed by atoms with E-state index in [1.165, 1.54) is 0 Å². The number of benzene rings is 1. The molecule has 1 aliphatic rings. The number of methoxy groups -OCH3 is 2. The van der Waals surface area contributed by atoms with E-state index in [9.17, 15) is 9.90 Å². The Balaban J connectivity index is 1.52. The molecule has 5 rings (SSSR count). The molecular weight excluding hydrogens is 446 g/mol. The number of nitrogens with one attached hydrogen (secondary N) is 2. The summed E-state index contributed by atoms with van der Waals surface area (Å²) in [5, 5.41) is 13.5. The Kier molecular flexibility index (Phi) is 6.24. The summed E-state index contributed by atoms with van der Waals surface area (Å²) in [5.41, 5.74) is 3.36. The zero-order valence-electron chi connectivity index (χ0n) is 19.6. The van der Waals surface area contributed by atoms with E-state index in [-0.39, 0.29) is 11.7 Å². The highest BCUT2D eigenvalue weighted by molar-refractivity contribution is 5.94. The number of nitrogens with zero attached hydrogens (tertiary/aromatic N) is 3. The summed E-state index contributed by atoms with van der Waals surface area (Å²) in [6.07, 6.45) is 4.67. The molecule has 1 aliphatic heterocycles. The van der Waals surface area contributed by atoms with Gasteiger partial charge in [-0.05, 0) is 49.2 Å². The van der Waals surface area contributed by atoms with Crippen molar-refractivity contribution in [3.63, 3.8) is 0 Å². The van der Waals surface area contributed by atoms with E-state index < -0.39 is 0 Å². The van der Waals surface area contributed by atoms with E-state index in [4.69, 9.17) is 14.5 Å². The van der Waals surface area contributed by atoms with Gasteiger partial charge in [-0.15, -0.1) is 0 Å². The molecule has 9 heteroatoms. The van der Waals surface area contributed by atoms with Gasteiger partial charge in [0.25, 0.3) is 5.56 Å². The lowest BCUT2D eigenvalue weighted by Crippen LogP contribution is -2.35. The molecule has 0 amide bonds. The van der Waals surface area contributed by atoms with Gasteiger partial charge in [0.15, 0.2) is 0 Å². The highest BCUT2D eigenvalue weighted by atomic mass is 16.5. The van der Waals surface area contributed by atoms with Gasteiger partial charge in [0.05, 0.1) is 54.5 Å². The summed E-state index contributed by atoms with van der Waals surface area (Å²) in [7, 11) is 3.19. The van der Waals surface area contributed by atoms with Gasteiger partial charge in [0.2, 0.25) is 0 Å². The number of aliphatic hydroxyl groups excluding tert-OH is 1. The fourth-order valence-electron chi connectivity index (χ4n) is 4.30. The lowest BCUT2D eigenvalue weighted by molar-refractivity contribution is 0.145. The molecule has 0 aliphatic carbocycles. The molecule has 0 radical (unpaired) electrons. The van der Waals surface area contributed by atoms with E-state index >= 15 is 0 Å². The summed E-state index contributed by atoms with van der Waals surface area (Å²) in [5.74, 6) is 1.89. The Morgan fingerprint density at radius 1 is 1.06 bits per heavy atom. The second-order valence-electron chi connectivity index (χ2n) is 8.47. The first-order valence-electron chi connectivity index (χ1n) is 11.5. The number of hydrogen-bond donors (Lipinski definition) is 3. The maximum Gasteiger partial charge on any atom is 0.259 e. The Morgan fingerprint density at radius 2 is 1.80 bits per heavy atom. The monoisotopic (exact) mass is 473 g/mol. The van der Waals surface area contributed by atoms with Gasteiger partial charge in [-0.1, -0.05) is 0 Å². The lowest BCUT2D eigenvalue weighted by Gasteiger charge is -2.31. The van der Waals surface area contributed by atoms with Crippen molar-refractivity contribution in [2.24, 2.45) is 0 Å². The molecule has 1 fully saturated rings. The van der Waals surface area contributed by atoms with Gasteiger partial charge < -0.3 is 29.8 Å². The first-order chi connectivity index (χ1) is 17.0. The zero-order valence-corrected chi connectivity index (χ0v) is 19.6. The number of anilines is 3. The number of hydrogen-bond acceptors (Lipinski definition) is 8. The van der Waals surface area contributed by atoms with Crippen LogP contribution in [-0.4, -0.2) is 53.5 Å². The van der Waals surface area contributed by atoms with Crippen molar-refractivity contribution in [1.29, 1.82) is 0 Å². The fourth-order valence-corrected chi connectivity index (χ4v) is 4.30. The third-order valence-electron chi connectivity index (χ3n) is 6.22. The number of piperidine rings is 1. The molecule has 9 nitrogen and oxygen atoms in total. The second kappa shape index (κ2) is 9.63. The Bertz CT molecular complexity index is 1370. The van der Waals surface area contributed by atoms with Crippen molar-refractivity contribution in [1.82, 2.24) is 15.0 Å². The SMILES string of the molecule is COc1cc(OC)cc(-c2cc(Nc3ccc(N4CCC(O)CC4)cn3)c3c(=O)[nH]ccc3n2)c1. The number of rotatable bonds is 6. The summed E-state index contributed by atoms with van der Waals surface area (Å²) in [4.78, 5) is 26.9. The van der Waals surface area contributed by atoms with Gasteiger partial charge in [-0.25, -0.2) is 9.97 Å². The minimum absolute atomic E-state index is 0.225. The summed E-state index contributed by atoms with van der Waals surface area (Å²) >= 11 is 0. The number of H-pyrrole nitrogens is 1. The molecule has 0 spiro atoms. The maximum absolute atomic E-state index is 12.7. The van der Waals surface area contributed by atoms with Crippen LogP contribution in [0.25, 0.3) is 22.2 Å². The van der Waals surface area contributed by atoms with E-state index in [2.05, 4.69) is 20.2 Å². The average molecular weight is 474 g/mol. The van der Waals surface area contributed by atoms with E-state index in [0.717, 1.165) is 37.2 Å². The van der Waals surface area contributed by atoms with Crippen molar-refractivity contribution < 1.29 is 14.6 Å². The molecule has 0 atom stereocenters. The number of pyridine rings is 3. The highest BCUT2D eigenvalue weighted by Crippen LogP contribution is 2.33. The van der Waals surface area contributed by atoms with Crippen LogP contribution >= 0.6 is 0 Å². The van der Waals surface area contributed by atoms with Crippen LogP contribution in [0.15, 0.2) is 59.7 Å². The third-order valence-corrected chi connectivity index (χ3v) is 6.22. The smallest absolute Gasteiger partial charge is 0.259 e. The first-order valence-corrected chi connectivity index (χ1v) is 11.5. The molecule has 35 heavy (non-hydrogen) atoms. The van der Waals surface area contributed by atoms with Crippen LogP contribution in [0.3, 0.4) is 0 Å². The van der Waals surface area contributed by atoms with Gasteiger partial charge >= 0.3 is 0 Å². The third kappa shape index (κ3) is 4.76. The Morgan fingerprint density at radius 3 is 2.46 bits per heavy atom. The van der Waals surface area contributed by atoms with Gasteiger partial charge in [0, 0.05) is 30.9 Å². The predicted molar refractivity (Wildman–Crippen MR) is 136 cm³/mol. The van der Waals surface area contributed by atoms with Crippen molar-refractivity contribution in [3.8, 4) is 22.8 Å². The van der Waals surface area contributed by atoms with Crippen LogP contribution < -0.4 is 25.2 Å². The number of aliphatic hydroxyl groups is 1. The number of aromatic amines is 1. The van der Waals surface area contributed by atoms with Crippen LogP contribution in [0.4, 0.5) is 17.2 Å². The van der Waals surface area contributed by atoms with E-state index in [0.29, 0.717) is 39.6 Å². The molecule has 1 aromatic carbocycles. The van der Waals surface area contributed by atoms with Crippen LogP contribution in [0.1, 0.15) is 12.8 Å². The van der Waals surface area contributed by atoms with Crippen molar-refractivity contribution in [2.75, 3.05) is 37.5 Å². The van der Waals surface area contributed by atoms with Crippen molar-refractivity contribution in [3.05, 3.63) is 65.2 Å². The van der Waals surface area contributed by atoms with Gasteiger partial charge in [-0.3, -0.25) is 4.79 Å². The van der Waals surface area contributed by atoms with Crippen LogP contribution in [0.5, 0.6) is 11.5 Å². The minimum Gasteiger partial charge on any atom is -0.497 e. The first kappa shape index (κ1) is 22.7. The summed E-state index contributed by atoms with van der Waals surface area (Å²) < 4.78 is 10.8. The van der Waals surface area contributed by atoms with Crippen molar-refractivity contribution >= 4 is 28.1 Å². The molecule has 180 valence electrons. The minimum atomic E-state index is -0.240. The largest absolute Gasteiger partial charge is 0.497 e. The molecule has 3 N–H and O–H groups in total. The standard InChI is InChI=1S/C26H27N5O4/c1-34-19-11-16(12-20(13-19)35-2)22-14-23(25-21(29-22)5-8-27-26(25)33)30-24-4-3-17(15-28-24)31-9-6-18(32)7-10-31/h3-5,8,11-15,18,32H,6-7,9-10H2,1-2H3,(H,27,33)(H,28,29,30). The topological polar surface area (TPSA) is 113 Å². The Labute approximate surface area is 202 Å². The van der Waals surface area contributed by atoms with E-state index in [1.807, 2.05) is 36.5 Å². The fraction of sp³-hybridized carbons (Fsp3) is 0.269. The lowest BCUT2D eigenvalue weighted by atomic mass is 10.1. The van der Waals surface area contributed by atoms with Gasteiger partial charge in [0.1, 0.15) is 17.3 Å².